The van der Waals surface area contributed by atoms with Crippen molar-refractivity contribution in [2.45, 2.75) is 25.2 Å². The number of hydrogen-bond acceptors (Lipinski definition) is 4. The highest BCUT2D eigenvalue weighted by molar-refractivity contribution is 7.91. The third-order valence-electron chi connectivity index (χ3n) is 4.70. The van der Waals surface area contributed by atoms with Gasteiger partial charge in [-0.15, -0.1) is 0 Å². The van der Waals surface area contributed by atoms with Gasteiger partial charge in [0.1, 0.15) is 0 Å². The molecule has 0 heterocycles. The van der Waals surface area contributed by atoms with Gasteiger partial charge in [0.2, 0.25) is 5.91 Å². The standard InChI is InChI=1S/C24H24N2O4S/c1-17-10-12-20(13-11-17)31(29,30)15-14-23(27)26-22-9-4-3-8-21(22)24(28)25-19-7-5-6-18(2)16-19/h3-13,16H,14-15H2,1-2H3,(H,25,28)(H,26,27). The van der Waals surface area contributed by atoms with Gasteiger partial charge in [-0.3, -0.25) is 9.59 Å². The summed E-state index contributed by atoms with van der Waals surface area (Å²) >= 11 is 0. The zero-order valence-electron chi connectivity index (χ0n) is 17.4. The number of para-hydroxylation sites is 1. The average molecular weight is 437 g/mol. The van der Waals surface area contributed by atoms with Gasteiger partial charge in [-0.05, 0) is 55.8 Å². The van der Waals surface area contributed by atoms with Crippen molar-refractivity contribution in [2.24, 2.45) is 0 Å². The van der Waals surface area contributed by atoms with Crippen LogP contribution in [-0.4, -0.2) is 26.0 Å². The van der Waals surface area contributed by atoms with Crippen molar-refractivity contribution in [3.05, 3.63) is 89.5 Å². The van der Waals surface area contributed by atoms with E-state index in [4.69, 9.17) is 0 Å². The fourth-order valence-electron chi connectivity index (χ4n) is 3.01. The Morgan fingerprint density at radius 1 is 0.806 bits per heavy atom. The molecule has 7 heteroatoms. The predicted octanol–water partition coefficient (Wildman–Crippen LogP) is 4.36. The smallest absolute Gasteiger partial charge is 0.257 e. The minimum atomic E-state index is -3.58. The Morgan fingerprint density at radius 3 is 2.23 bits per heavy atom. The summed E-state index contributed by atoms with van der Waals surface area (Å²) in [6.45, 7) is 3.80. The Hall–Kier alpha value is -3.45. The second kappa shape index (κ2) is 9.57. The molecule has 160 valence electrons. The van der Waals surface area contributed by atoms with Crippen LogP contribution in [0.3, 0.4) is 0 Å². The molecule has 0 fully saturated rings. The van der Waals surface area contributed by atoms with Crippen molar-refractivity contribution in [1.82, 2.24) is 0 Å². The Labute approximate surface area is 182 Å². The number of carbonyl (C=O) groups excluding carboxylic acids is 2. The highest BCUT2D eigenvalue weighted by atomic mass is 32.2. The van der Waals surface area contributed by atoms with Gasteiger partial charge < -0.3 is 10.6 Å². The SMILES string of the molecule is Cc1ccc(S(=O)(=O)CCC(=O)Nc2ccccc2C(=O)Nc2cccc(C)c2)cc1. The summed E-state index contributed by atoms with van der Waals surface area (Å²) in [6, 6.07) is 20.5. The van der Waals surface area contributed by atoms with Crippen LogP contribution in [-0.2, 0) is 14.6 Å². The van der Waals surface area contributed by atoms with Crippen LogP contribution in [0.2, 0.25) is 0 Å². The van der Waals surface area contributed by atoms with Gasteiger partial charge in [0.15, 0.2) is 9.84 Å². The molecule has 3 rings (SSSR count). The molecule has 0 bridgehead atoms. The van der Waals surface area contributed by atoms with Crippen LogP contribution < -0.4 is 10.6 Å². The fraction of sp³-hybridized carbons (Fsp3) is 0.167. The van der Waals surface area contributed by atoms with Crippen LogP contribution >= 0.6 is 0 Å². The summed E-state index contributed by atoms with van der Waals surface area (Å²) in [5, 5.41) is 5.47. The summed E-state index contributed by atoms with van der Waals surface area (Å²) in [6.07, 6.45) is -0.218. The molecule has 0 aliphatic rings. The van der Waals surface area contributed by atoms with Gasteiger partial charge in [-0.2, -0.15) is 0 Å². The average Bonchev–Trinajstić information content (AvgIpc) is 2.73. The molecule has 0 saturated heterocycles. The number of hydrogen-bond donors (Lipinski definition) is 2. The Bertz CT molecular complexity index is 1200. The van der Waals surface area contributed by atoms with Crippen LogP contribution in [0.5, 0.6) is 0 Å². The van der Waals surface area contributed by atoms with Crippen molar-refractivity contribution in [3.63, 3.8) is 0 Å². The number of rotatable bonds is 7. The molecule has 2 N–H and O–H groups in total. The molecule has 3 aromatic rings. The Kier molecular flexibility index (Phi) is 6.87. The number of carbonyl (C=O) groups is 2. The molecule has 6 nitrogen and oxygen atoms in total. The highest BCUT2D eigenvalue weighted by Gasteiger charge is 2.18. The molecule has 0 saturated carbocycles. The molecule has 2 amide bonds. The predicted molar refractivity (Wildman–Crippen MR) is 122 cm³/mol. The first-order valence-electron chi connectivity index (χ1n) is 9.81. The molecule has 0 aliphatic carbocycles. The van der Waals surface area contributed by atoms with E-state index in [1.54, 1.807) is 42.5 Å². The lowest BCUT2D eigenvalue weighted by Gasteiger charge is -2.12. The molecule has 0 unspecified atom stereocenters. The minimum absolute atomic E-state index is 0.184. The maximum atomic E-state index is 12.7. The van der Waals surface area contributed by atoms with Crippen LogP contribution in [0.1, 0.15) is 27.9 Å². The quantitative estimate of drug-likeness (QED) is 0.576. The number of sulfone groups is 1. The molecular formula is C24H24N2O4S. The number of aryl methyl sites for hydroxylation is 2. The summed E-state index contributed by atoms with van der Waals surface area (Å²) in [7, 11) is -3.58. The van der Waals surface area contributed by atoms with Gasteiger partial charge >= 0.3 is 0 Å². The van der Waals surface area contributed by atoms with Crippen LogP contribution in [0.4, 0.5) is 11.4 Å². The summed E-state index contributed by atoms with van der Waals surface area (Å²) in [4.78, 5) is 25.3. The first-order valence-corrected chi connectivity index (χ1v) is 11.5. The maximum absolute atomic E-state index is 12.7. The van der Waals surface area contributed by atoms with Crippen molar-refractivity contribution < 1.29 is 18.0 Å². The lowest BCUT2D eigenvalue weighted by atomic mass is 10.1. The number of amides is 2. The van der Waals surface area contributed by atoms with Gasteiger partial charge in [-0.25, -0.2) is 8.42 Å². The zero-order valence-corrected chi connectivity index (χ0v) is 18.2. The van der Waals surface area contributed by atoms with E-state index < -0.39 is 15.7 Å². The van der Waals surface area contributed by atoms with E-state index in [0.717, 1.165) is 11.1 Å². The molecule has 31 heavy (non-hydrogen) atoms. The van der Waals surface area contributed by atoms with E-state index in [1.165, 1.54) is 12.1 Å². The lowest BCUT2D eigenvalue weighted by Crippen LogP contribution is -2.20. The van der Waals surface area contributed by atoms with E-state index >= 15 is 0 Å². The molecule has 0 radical (unpaired) electrons. The van der Waals surface area contributed by atoms with E-state index in [0.29, 0.717) is 16.9 Å². The number of benzene rings is 3. The molecule has 3 aromatic carbocycles. The highest BCUT2D eigenvalue weighted by Crippen LogP contribution is 2.19. The van der Waals surface area contributed by atoms with Crippen LogP contribution in [0.25, 0.3) is 0 Å². The monoisotopic (exact) mass is 436 g/mol. The first-order chi connectivity index (χ1) is 14.7. The van der Waals surface area contributed by atoms with E-state index in [1.807, 2.05) is 32.0 Å². The summed E-state index contributed by atoms with van der Waals surface area (Å²) in [5.41, 5.74) is 3.23. The third-order valence-corrected chi connectivity index (χ3v) is 6.43. The second-order valence-electron chi connectivity index (χ2n) is 7.30. The zero-order chi connectivity index (χ0) is 22.4. The van der Waals surface area contributed by atoms with Crippen molar-refractivity contribution in [1.29, 1.82) is 0 Å². The summed E-state index contributed by atoms with van der Waals surface area (Å²) < 4.78 is 24.9. The molecule has 0 aliphatic heterocycles. The van der Waals surface area contributed by atoms with Crippen LogP contribution in [0.15, 0.2) is 77.7 Å². The number of nitrogens with one attached hydrogen (secondary N) is 2. The van der Waals surface area contributed by atoms with E-state index in [2.05, 4.69) is 10.6 Å². The first kappa shape index (κ1) is 22.2. The third kappa shape index (κ3) is 6.02. The van der Waals surface area contributed by atoms with Crippen LogP contribution in [0, 0.1) is 13.8 Å². The van der Waals surface area contributed by atoms with E-state index in [9.17, 15) is 18.0 Å². The van der Waals surface area contributed by atoms with Gasteiger partial charge in [0, 0.05) is 12.1 Å². The minimum Gasteiger partial charge on any atom is -0.325 e. The Balaban J connectivity index is 1.66. The molecular weight excluding hydrogens is 412 g/mol. The Morgan fingerprint density at radius 2 is 1.52 bits per heavy atom. The van der Waals surface area contributed by atoms with Crippen molar-refractivity contribution in [3.8, 4) is 0 Å². The maximum Gasteiger partial charge on any atom is 0.257 e. The second-order valence-corrected chi connectivity index (χ2v) is 9.41. The van der Waals surface area contributed by atoms with E-state index in [-0.39, 0.29) is 23.0 Å². The largest absolute Gasteiger partial charge is 0.325 e. The number of anilines is 2. The van der Waals surface area contributed by atoms with Gasteiger partial charge in [-0.1, -0.05) is 42.0 Å². The van der Waals surface area contributed by atoms with Crippen molar-refractivity contribution >= 4 is 33.0 Å². The molecule has 0 aromatic heterocycles. The van der Waals surface area contributed by atoms with Gasteiger partial charge in [0.25, 0.3) is 5.91 Å². The fourth-order valence-corrected chi connectivity index (χ4v) is 4.26. The summed E-state index contributed by atoms with van der Waals surface area (Å²) in [5.74, 6) is -1.17. The van der Waals surface area contributed by atoms with Gasteiger partial charge in [0.05, 0.1) is 21.9 Å². The normalized spacial score (nSPS) is 11.0. The topological polar surface area (TPSA) is 92.3 Å². The van der Waals surface area contributed by atoms with Crippen molar-refractivity contribution in [2.75, 3.05) is 16.4 Å². The molecule has 0 atom stereocenters. The lowest BCUT2D eigenvalue weighted by molar-refractivity contribution is -0.115. The molecule has 0 spiro atoms.